The van der Waals surface area contributed by atoms with Crippen LogP contribution in [0.1, 0.15) is 6.92 Å². The summed E-state index contributed by atoms with van der Waals surface area (Å²) in [5.74, 6) is -0.0333. The monoisotopic (exact) mass is 207 g/mol. The van der Waals surface area contributed by atoms with Crippen LogP contribution in [0.3, 0.4) is 0 Å². The van der Waals surface area contributed by atoms with Gasteiger partial charge in [-0.2, -0.15) is 12.7 Å². The van der Waals surface area contributed by atoms with Crippen LogP contribution < -0.4 is 5.14 Å². The van der Waals surface area contributed by atoms with Crippen molar-refractivity contribution < 1.29 is 13.2 Å². The van der Waals surface area contributed by atoms with Crippen LogP contribution in [-0.2, 0) is 15.0 Å². The maximum atomic E-state index is 10.9. The molecule has 0 aliphatic carbocycles. The molecule has 0 aromatic heterocycles. The third-order valence-electron chi connectivity index (χ3n) is 2.04. The second-order valence-electron chi connectivity index (χ2n) is 2.95. The van der Waals surface area contributed by atoms with E-state index in [1.807, 2.05) is 0 Å². The van der Waals surface area contributed by atoms with Gasteiger partial charge in [0.2, 0.25) is 5.91 Å². The summed E-state index contributed by atoms with van der Waals surface area (Å²) in [6.45, 7) is 2.89. The molecule has 1 aliphatic rings. The molecule has 76 valence electrons. The molecule has 2 N–H and O–H groups in total. The van der Waals surface area contributed by atoms with E-state index >= 15 is 0 Å². The lowest BCUT2D eigenvalue weighted by atomic mass is 10.3. The van der Waals surface area contributed by atoms with Crippen molar-refractivity contribution >= 4 is 16.1 Å². The highest BCUT2D eigenvalue weighted by molar-refractivity contribution is 7.86. The van der Waals surface area contributed by atoms with Gasteiger partial charge in [-0.15, -0.1) is 0 Å². The van der Waals surface area contributed by atoms with Crippen molar-refractivity contribution in [1.29, 1.82) is 0 Å². The Morgan fingerprint density at radius 3 is 2.00 bits per heavy atom. The molecule has 0 unspecified atom stereocenters. The van der Waals surface area contributed by atoms with Crippen molar-refractivity contribution in [2.45, 2.75) is 6.92 Å². The quantitative estimate of drug-likeness (QED) is 0.559. The normalized spacial score (nSPS) is 20.3. The minimum absolute atomic E-state index is 0.0333. The highest BCUT2D eigenvalue weighted by Gasteiger charge is 2.24. The Morgan fingerprint density at radius 1 is 1.23 bits per heavy atom. The van der Waals surface area contributed by atoms with Crippen LogP contribution >= 0.6 is 0 Å². The number of nitrogens with zero attached hydrogens (tertiary/aromatic N) is 2. The van der Waals surface area contributed by atoms with Crippen molar-refractivity contribution in [3.8, 4) is 0 Å². The zero-order chi connectivity index (χ0) is 10.1. The van der Waals surface area contributed by atoms with Crippen LogP contribution in [0.15, 0.2) is 0 Å². The standard InChI is InChI=1S/C6H13N3O3S/c1-6(10)8-2-4-9(5-3-8)13(7,11)12/h2-5H2,1H3,(H2,7,11,12). The summed E-state index contributed by atoms with van der Waals surface area (Å²) in [4.78, 5) is 12.5. The number of piperazine rings is 1. The predicted molar refractivity (Wildman–Crippen MR) is 46.9 cm³/mol. The topological polar surface area (TPSA) is 83.7 Å². The van der Waals surface area contributed by atoms with Crippen LogP contribution in [0, 0.1) is 0 Å². The van der Waals surface area contributed by atoms with Gasteiger partial charge in [0.1, 0.15) is 0 Å². The fraction of sp³-hybridized carbons (Fsp3) is 0.833. The Morgan fingerprint density at radius 2 is 1.69 bits per heavy atom. The number of amides is 1. The summed E-state index contributed by atoms with van der Waals surface area (Å²) >= 11 is 0. The van der Waals surface area contributed by atoms with Crippen molar-refractivity contribution in [2.75, 3.05) is 26.2 Å². The van der Waals surface area contributed by atoms with Gasteiger partial charge in [0, 0.05) is 33.1 Å². The molecule has 7 heteroatoms. The van der Waals surface area contributed by atoms with E-state index in [0.29, 0.717) is 26.2 Å². The van der Waals surface area contributed by atoms with Gasteiger partial charge in [0.15, 0.2) is 0 Å². The lowest BCUT2D eigenvalue weighted by Gasteiger charge is -2.32. The molecule has 1 heterocycles. The number of hydrogen-bond donors (Lipinski definition) is 1. The summed E-state index contributed by atoms with van der Waals surface area (Å²) in [5, 5.41) is 4.93. The van der Waals surface area contributed by atoms with Gasteiger partial charge in [-0.1, -0.05) is 0 Å². The van der Waals surface area contributed by atoms with Crippen molar-refractivity contribution in [1.82, 2.24) is 9.21 Å². The van der Waals surface area contributed by atoms with E-state index < -0.39 is 10.2 Å². The molecule has 1 aliphatic heterocycles. The Bertz CT molecular complexity index is 292. The minimum atomic E-state index is -3.58. The molecule has 13 heavy (non-hydrogen) atoms. The largest absolute Gasteiger partial charge is 0.340 e. The first-order chi connectivity index (χ1) is 5.91. The second-order valence-corrected chi connectivity index (χ2v) is 4.50. The highest BCUT2D eigenvalue weighted by Crippen LogP contribution is 2.03. The number of nitrogens with two attached hydrogens (primary N) is 1. The van der Waals surface area contributed by atoms with E-state index in [1.165, 1.54) is 11.2 Å². The van der Waals surface area contributed by atoms with Gasteiger partial charge in [0.25, 0.3) is 10.2 Å². The Labute approximate surface area is 77.5 Å². The summed E-state index contributed by atoms with van der Waals surface area (Å²) in [6, 6.07) is 0. The molecule has 1 amide bonds. The fourth-order valence-electron chi connectivity index (χ4n) is 1.26. The number of carbonyl (C=O) groups excluding carboxylic acids is 1. The SMILES string of the molecule is CC(=O)N1CCN(S(N)(=O)=O)CC1. The number of carbonyl (C=O) groups is 1. The number of rotatable bonds is 1. The Balaban J connectivity index is 2.53. The van der Waals surface area contributed by atoms with E-state index in [4.69, 9.17) is 5.14 Å². The lowest BCUT2D eigenvalue weighted by Crippen LogP contribution is -2.51. The Hall–Kier alpha value is -0.660. The zero-order valence-electron chi connectivity index (χ0n) is 7.43. The highest BCUT2D eigenvalue weighted by atomic mass is 32.2. The molecule has 0 aromatic rings. The molecule has 1 fully saturated rings. The maximum Gasteiger partial charge on any atom is 0.277 e. The summed E-state index contributed by atoms with van der Waals surface area (Å²) in [5.41, 5.74) is 0. The molecular formula is C6H13N3O3S. The first-order valence-electron chi connectivity index (χ1n) is 3.94. The second kappa shape index (κ2) is 3.60. The summed E-state index contributed by atoms with van der Waals surface area (Å²) in [7, 11) is -3.58. The first kappa shape index (κ1) is 10.4. The zero-order valence-corrected chi connectivity index (χ0v) is 8.25. The van der Waals surface area contributed by atoms with E-state index in [1.54, 1.807) is 4.90 Å². The summed E-state index contributed by atoms with van der Waals surface area (Å²) in [6.07, 6.45) is 0. The first-order valence-corrected chi connectivity index (χ1v) is 5.45. The molecule has 1 rings (SSSR count). The smallest absolute Gasteiger partial charge is 0.277 e. The van der Waals surface area contributed by atoms with Crippen molar-refractivity contribution in [3.05, 3.63) is 0 Å². The van der Waals surface area contributed by atoms with Gasteiger partial charge in [0.05, 0.1) is 0 Å². The van der Waals surface area contributed by atoms with Gasteiger partial charge in [-0.3, -0.25) is 4.79 Å². The van der Waals surface area contributed by atoms with Crippen LogP contribution in [0.4, 0.5) is 0 Å². The van der Waals surface area contributed by atoms with E-state index in [-0.39, 0.29) is 5.91 Å². The van der Waals surface area contributed by atoms with Crippen LogP contribution in [0.5, 0.6) is 0 Å². The average Bonchev–Trinajstić information content (AvgIpc) is 2.03. The van der Waals surface area contributed by atoms with Crippen LogP contribution in [0.25, 0.3) is 0 Å². The van der Waals surface area contributed by atoms with Crippen molar-refractivity contribution in [2.24, 2.45) is 5.14 Å². The van der Waals surface area contributed by atoms with Gasteiger partial charge in [-0.25, -0.2) is 5.14 Å². The molecule has 0 bridgehead atoms. The number of hydrogen-bond acceptors (Lipinski definition) is 3. The van der Waals surface area contributed by atoms with Gasteiger partial charge >= 0.3 is 0 Å². The summed E-state index contributed by atoms with van der Waals surface area (Å²) < 4.78 is 22.9. The maximum absolute atomic E-state index is 10.9. The fourth-order valence-corrected chi connectivity index (χ4v) is 1.93. The molecule has 6 nitrogen and oxygen atoms in total. The molecular weight excluding hydrogens is 194 g/mol. The molecule has 0 atom stereocenters. The molecule has 0 aromatic carbocycles. The van der Waals surface area contributed by atoms with Gasteiger partial charge < -0.3 is 4.90 Å². The molecule has 1 saturated heterocycles. The minimum Gasteiger partial charge on any atom is -0.340 e. The molecule has 0 radical (unpaired) electrons. The molecule has 0 saturated carbocycles. The molecule has 0 spiro atoms. The third-order valence-corrected chi connectivity index (χ3v) is 3.13. The van der Waals surface area contributed by atoms with E-state index in [2.05, 4.69) is 0 Å². The Kier molecular flexibility index (Phi) is 2.89. The average molecular weight is 207 g/mol. The van der Waals surface area contributed by atoms with Crippen LogP contribution in [-0.4, -0.2) is 49.7 Å². The van der Waals surface area contributed by atoms with E-state index in [0.717, 1.165) is 0 Å². The lowest BCUT2D eigenvalue weighted by molar-refractivity contribution is -0.129. The predicted octanol–water partition coefficient (Wildman–Crippen LogP) is -1.65. The van der Waals surface area contributed by atoms with Crippen molar-refractivity contribution in [3.63, 3.8) is 0 Å². The van der Waals surface area contributed by atoms with Crippen LogP contribution in [0.2, 0.25) is 0 Å². The third kappa shape index (κ3) is 2.64. The van der Waals surface area contributed by atoms with Gasteiger partial charge in [-0.05, 0) is 0 Å². The van der Waals surface area contributed by atoms with E-state index in [9.17, 15) is 13.2 Å².